The molecule has 28 heavy (non-hydrogen) atoms. The van der Waals surface area contributed by atoms with Gasteiger partial charge in [-0.15, -0.1) is 0 Å². The molecule has 1 unspecified atom stereocenters. The van der Waals surface area contributed by atoms with Crippen LogP contribution in [0.1, 0.15) is 6.42 Å². The Morgan fingerprint density at radius 1 is 1.46 bits per heavy atom. The maximum absolute atomic E-state index is 12.6. The number of anilines is 1. The standard InChI is InChI=1S/C18H22ClN3O5S/c1-26-7-6-22(15-5-8-28(24,25)12-15)11-13(10-20)18(23)21-16-9-14(19)3-4-17(16)27-2/h3-4,9,11,15H,5-8,12H2,1-2H3,(H,21,23)/b13-11-. The Labute approximate surface area is 169 Å². The Morgan fingerprint density at radius 2 is 2.21 bits per heavy atom. The molecule has 10 heteroatoms. The van der Waals surface area contributed by atoms with Crippen molar-refractivity contribution in [2.45, 2.75) is 12.5 Å². The van der Waals surface area contributed by atoms with E-state index in [0.717, 1.165) is 0 Å². The molecule has 1 atom stereocenters. The molecule has 1 fully saturated rings. The number of carbonyl (C=O) groups excluding carboxylic acids is 1. The van der Waals surface area contributed by atoms with Crippen molar-refractivity contribution in [3.05, 3.63) is 35.0 Å². The van der Waals surface area contributed by atoms with Gasteiger partial charge in [0, 0.05) is 30.9 Å². The molecule has 152 valence electrons. The largest absolute Gasteiger partial charge is 0.495 e. The first-order valence-corrected chi connectivity index (χ1v) is 10.7. The number of ether oxygens (including phenoxy) is 2. The smallest absolute Gasteiger partial charge is 0.267 e. The van der Waals surface area contributed by atoms with Crippen LogP contribution in [0.3, 0.4) is 0 Å². The summed E-state index contributed by atoms with van der Waals surface area (Å²) in [7, 11) is -0.141. The molecule has 2 rings (SSSR count). The predicted octanol–water partition coefficient (Wildman–Crippen LogP) is 1.83. The summed E-state index contributed by atoms with van der Waals surface area (Å²) in [5, 5.41) is 12.5. The lowest BCUT2D eigenvalue weighted by atomic mass is 10.2. The van der Waals surface area contributed by atoms with Crippen LogP contribution in [0, 0.1) is 11.3 Å². The molecule has 0 saturated carbocycles. The third kappa shape index (κ3) is 5.86. The summed E-state index contributed by atoms with van der Waals surface area (Å²) in [6.07, 6.45) is 1.82. The second kappa shape index (κ2) is 9.78. The first-order chi connectivity index (χ1) is 13.3. The zero-order chi connectivity index (χ0) is 20.7. The summed E-state index contributed by atoms with van der Waals surface area (Å²) in [6, 6.07) is 6.29. The minimum Gasteiger partial charge on any atom is -0.495 e. The van der Waals surface area contributed by atoms with Gasteiger partial charge in [-0.2, -0.15) is 5.26 Å². The van der Waals surface area contributed by atoms with Crippen molar-refractivity contribution in [1.82, 2.24) is 4.90 Å². The van der Waals surface area contributed by atoms with Gasteiger partial charge < -0.3 is 19.7 Å². The molecule has 0 aromatic heterocycles. The number of nitrogens with zero attached hydrogens (tertiary/aromatic N) is 2. The van der Waals surface area contributed by atoms with Crippen molar-refractivity contribution in [1.29, 1.82) is 5.26 Å². The van der Waals surface area contributed by atoms with Crippen LogP contribution >= 0.6 is 11.6 Å². The van der Waals surface area contributed by atoms with Crippen LogP contribution in [0.2, 0.25) is 5.02 Å². The van der Waals surface area contributed by atoms with Crippen LogP contribution in [0.25, 0.3) is 0 Å². The van der Waals surface area contributed by atoms with E-state index in [2.05, 4.69) is 5.32 Å². The van der Waals surface area contributed by atoms with E-state index >= 15 is 0 Å². The van der Waals surface area contributed by atoms with Gasteiger partial charge in [-0.3, -0.25) is 4.79 Å². The van der Waals surface area contributed by atoms with Crippen LogP contribution in [-0.4, -0.2) is 64.1 Å². The molecule has 1 aliphatic rings. The quantitative estimate of drug-likeness (QED) is 0.498. The van der Waals surface area contributed by atoms with E-state index in [1.54, 1.807) is 17.0 Å². The number of halogens is 1. The predicted molar refractivity (Wildman–Crippen MR) is 106 cm³/mol. The average Bonchev–Trinajstić information content (AvgIpc) is 3.01. The molecular weight excluding hydrogens is 406 g/mol. The first kappa shape index (κ1) is 22.0. The highest BCUT2D eigenvalue weighted by atomic mass is 35.5. The maximum atomic E-state index is 12.6. The molecule has 1 N–H and O–H groups in total. The van der Waals surface area contributed by atoms with Crippen LogP contribution in [0.15, 0.2) is 30.0 Å². The minimum atomic E-state index is -3.12. The molecule has 1 aromatic carbocycles. The molecule has 0 spiro atoms. The fraction of sp³-hybridized carbons (Fsp3) is 0.444. The summed E-state index contributed by atoms with van der Waals surface area (Å²) >= 11 is 5.96. The van der Waals surface area contributed by atoms with E-state index in [1.165, 1.54) is 26.5 Å². The molecule has 8 nitrogen and oxygen atoms in total. The summed E-state index contributed by atoms with van der Waals surface area (Å²) < 4.78 is 33.9. The number of nitriles is 1. The Morgan fingerprint density at radius 3 is 2.79 bits per heavy atom. The number of hydrogen-bond donors (Lipinski definition) is 1. The normalized spacial score (nSPS) is 18.4. The number of hydrogen-bond acceptors (Lipinski definition) is 7. The van der Waals surface area contributed by atoms with Gasteiger partial charge in [0.1, 0.15) is 17.4 Å². The first-order valence-electron chi connectivity index (χ1n) is 8.51. The van der Waals surface area contributed by atoms with Crippen LogP contribution < -0.4 is 10.1 Å². The van der Waals surface area contributed by atoms with Crippen molar-refractivity contribution in [3.63, 3.8) is 0 Å². The molecule has 1 aromatic rings. The van der Waals surface area contributed by atoms with E-state index in [1.807, 2.05) is 6.07 Å². The Bertz CT molecular complexity index is 895. The molecule has 0 radical (unpaired) electrons. The number of benzene rings is 1. The Kier molecular flexibility index (Phi) is 7.69. The van der Waals surface area contributed by atoms with E-state index in [-0.39, 0.29) is 23.1 Å². The SMILES string of the molecule is COCCN(/C=C(/C#N)C(=O)Nc1cc(Cl)ccc1OC)C1CCS(=O)(=O)C1. The zero-order valence-corrected chi connectivity index (χ0v) is 17.2. The van der Waals surface area contributed by atoms with Gasteiger partial charge in [0.05, 0.1) is 30.9 Å². The maximum Gasteiger partial charge on any atom is 0.267 e. The molecule has 0 aliphatic carbocycles. The number of amides is 1. The third-order valence-electron chi connectivity index (χ3n) is 4.30. The lowest BCUT2D eigenvalue weighted by Crippen LogP contribution is -2.35. The van der Waals surface area contributed by atoms with Crippen molar-refractivity contribution in [3.8, 4) is 11.8 Å². The summed E-state index contributed by atoms with van der Waals surface area (Å²) in [5.41, 5.74) is 0.162. The van der Waals surface area contributed by atoms with Crippen molar-refractivity contribution in [2.24, 2.45) is 0 Å². The topological polar surface area (TPSA) is 109 Å². The lowest BCUT2D eigenvalue weighted by Gasteiger charge is -2.26. The molecule has 1 aliphatic heterocycles. The van der Waals surface area contributed by atoms with Gasteiger partial charge in [-0.1, -0.05) is 11.6 Å². The molecule has 0 bridgehead atoms. The van der Waals surface area contributed by atoms with Gasteiger partial charge in [0.15, 0.2) is 9.84 Å². The molecule has 1 heterocycles. The molecular formula is C18H22ClN3O5S. The highest BCUT2D eigenvalue weighted by Gasteiger charge is 2.31. The van der Waals surface area contributed by atoms with Gasteiger partial charge in [-0.25, -0.2) is 8.42 Å². The average molecular weight is 428 g/mol. The number of rotatable bonds is 8. The van der Waals surface area contributed by atoms with E-state index in [0.29, 0.717) is 36.0 Å². The van der Waals surface area contributed by atoms with Gasteiger partial charge in [0.2, 0.25) is 0 Å². The summed E-state index contributed by atoms with van der Waals surface area (Å²) in [5.74, 6) is -0.183. The van der Waals surface area contributed by atoms with Gasteiger partial charge in [0.25, 0.3) is 5.91 Å². The van der Waals surface area contributed by atoms with Crippen LogP contribution in [0.5, 0.6) is 5.75 Å². The monoisotopic (exact) mass is 427 g/mol. The Balaban J connectivity index is 2.24. The van der Waals surface area contributed by atoms with E-state index in [4.69, 9.17) is 21.1 Å². The third-order valence-corrected chi connectivity index (χ3v) is 6.29. The van der Waals surface area contributed by atoms with Crippen molar-refractivity contribution >= 4 is 33.0 Å². The summed E-state index contributed by atoms with van der Waals surface area (Å²) in [6.45, 7) is 0.686. The van der Waals surface area contributed by atoms with Crippen LogP contribution in [-0.2, 0) is 19.4 Å². The lowest BCUT2D eigenvalue weighted by molar-refractivity contribution is -0.112. The molecule has 1 amide bonds. The number of nitrogens with one attached hydrogen (secondary N) is 1. The van der Waals surface area contributed by atoms with Gasteiger partial charge >= 0.3 is 0 Å². The second-order valence-corrected chi connectivity index (χ2v) is 8.91. The highest BCUT2D eigenvalue weighted by molar-refractivity contribution is 7.91. The number of sulfone groups is 1. The van der Waals surface area contributed by atoms with Crippen molar-refractivity contribution in [2.75, 3.05) is 44.2 Å². The van der Waals surface area contributed by atoms with E-state index in [9.17, 15) is 18.5 Å². The highest BCUT2D eigenvalue weighted by Crippen LogP contribution is 2.28. The summed E-state index contributed by atoms with van der Waals surface area (Å²) in [4.78, 5) is 14.3. The Hall–Kier alpha value is -2.28. The number of methoxy groups -OCH3 is 2. The van der Waals surface area contributed by atoms with Crippen LogP contribution in [0.4, 0.5) is 5.69 Å². The molecule has 1 saturated heterocycles. The zero-order valence-electron chi connectivity index (χ0n) is 15.6. The van der Waals surface area contributed by atoms with E-state index < -0.39 is 15.7 Å². The fourth-order valence-electron chi connectivity index (χ4n) is 2.86. The second-order valence-electron chi connectivity index (χ2n) is 6.24. The minimum absolute atomic E-state index is 0.0182. The van der Waals surface area contributed by atoms with Gasteiger partial charge in [-0.05, 0) is 24.6 Å². The van der Waals surface area contributed by atoms with Crippen molar-refractivity contribution < 1.29 is 22.7 Å². The number of carbonyl (C=O) groups is 1. The fourth-order valence-corrected chi connectivity index (χ4v) is 4.77.